The quantitative estimate of drug-likeness (QED) is 0.234. The van der Waals surface area contributed by atoms with Crippen molar-refractivity contribution in [2.75, 3.05) is 7.05 Å². The second-order valence-corrected chi connectivity index (χ2v) is 11.1. The fourth-order valence-electron chi connectivity index (χ4n) is 5.35. The van der Waals surface area contributed by atoms with E-state index in [0.717, 1.165) is 12.1 Å². The Labute approximate surface area is 177 Å². The van der Waals surface area contributed by atoms with Crippen molar-refractivity contribution in [3.63, 3.8) is 0 Å². The summed E-state index contributed by atoms with van der Waals surface area (Å²) in [7, 11) is 2.27. The van der Waals surface area contributed by atoms with Crippen LogP contribution in [0.2, 0.25) is 0 Å². The molecule has 1 heterocycles. The van der Waals surface area contributed by atoms with E-state index < -0.39 is 0 Å². The largest absolute Gasteiger partial charge is 0.309 e. The zero-order valence-electron chi connectivity index (χ0n) is 20.5. The van der Waals surface area contributed by atoms with Gasteiger partial charge in [0, 0.05) is 16.8 Å². The van der Waals surface area contributed by atoms with Gasteiger partial charge in [-0.15, -0.1) is 0 Å². The van der Waals surface area contributed by atoms with Gasteiger partial charge in [-0.2, -0.15) is 0 Å². The number of likely N-dealkylation sites (tertiary alicyclic amines) is 1. The Bertz CT molecular complexity index is 420. The van der Waals surface area contributed by atoms with Crippen LogP contribution in [0, 0.1) is 17.2 Å². The molecule has 0 spiro atoms. The number of unbranched alkanes of at least 4 members (excludes halogenated alkanes) is 9. The van der Waals surface area contributed by atoms with E-state index in [1.54, 1.807) is 0 Å². The summed E-state index contributed by atoms with van der Waals surface area (Å²) in [5.74, 6) is 1.14. The van der Waals surface area contributed by atoms with Gasteiger partial charge in [0.25, 0.3) is 0 Å². The smallest absolute Gasteiger partial charge is 0.0158 e. The molecule has 1 unspecified atom stereocenters. The van der Waals surface area contributed by atoms with Gasteiger partial charge in [-0.1, -0.05) is 78.1 Å². The average molecular weight is 393 g/mol. The average Bonchev–Trinajstić information content (AvgIpc) is 2.60. The van der Waals surface area contributed by atoms with Gasteiger partial charge in [-0.05, 0) is 72.3 Å². The number of nitrogens with zero attached hydrogens (tertiary/aromatic N) is 1. The van der Waals surface area contributed by atoms with Crippen LogP contribution in [0.3, 0.4) is 0 Å². The number of rotatable bonds is 14. The molecule has 28 heavy (non-hydrogen) atoms. The summed E-state index contributed by atoms with van der Waals surface area (Å²) >= 11 is 0. The van der Waals surface area contributed by atoms with Crippen molar-refractivity contribution < 1.29 is 0 Å². The molecular formula is C26H52N2. The van der Waals surface area contributed by atoms with E-state index in [0.29, 0.717) is 11.8 Å². The van der Waals surface area contributed by atoms with Crippen LogP contribution in [-0.2, 0) is 0 Å². The first-order valence-electron chi connectivity index (χ1n) is 12.4. The molecule has 1 aliphatic heterocycles. The molecule has 2 nitrogen and oxygen atoms in total. The fraction of sp³-hybridized carbons (Fsp3) is 0.962. The molecule has 2 heteroatoms. The summed E-state index contributed by atoms with van der Waals surface area (Å²) in [6.07, 6.45) is 18.6. The first kappa shape index (κ1) is 25.7. The molecule has 1 atom stereocenters. The Morgan fingerprint density at radius 1 is 0.857 bits per heavy atom. The molecule has 0 amide bonds. The van der Waals surface area contributed by atoms with Crippen LogP contribution in [0.15, 0.2) is 0 Å². The third-order valence-electron chi connectivity index (χ3n) is 7.49. The van der Waals surface area contributed by atoms with E-state index in [2.05, 4.69) is 53.5 Å². The summed E-state index contributed by atoms with van der Waals surface area (Å²) in [6.45, 7) is 14.1. The van der Waals surface area contributed by atoms with Crippen molar-refractivity contribution >= 4 is 5.71 Å². The maximum atomic E-state index is 8.65. The Morgan fingerprint density at radius 3 is 1.75 bits per heavy atom. The molecule has 0 bridgehead atoms. The van der Waals surface area contributed by atoms with Crippen molar-refractivity contribution in [3.8, 4) is 0 Å². The van der Waals surface area contributed by atoms with E-state index in [1.807, 2.05) is 0 Å². The lowest BCUT2D eigenvalue weighted by Crippen LogP contribution is -2.58. The number of nitrogens with one attached hydrogen (secondary N) is 1. The van der Waals surface area contributed by atoms with E-state index in [1.165, 1.54) is 83.5 Å². The topological polar surface area (TPSA) is 27.1 Å². The zero-order chi connectivity index (χ0) is 21.2. The molecule has 0 aromatic carbocycles. The van der Waals surface area contributed by atoms with Gasteiger partial charge < -0.3 is 5.41 Å². The van der Waals surface area contributed by atoms with Crippen LogP contribution in [0.4, 0.5) is 0 Å². The fourth-order valence-corrected chi connectivity index (χ4v) is 5.35. The molecule has 0 radical (unpaired) electrons. The third kappa shape index (κ3) is 8.97. The molecule has 0 aromatic heterocycles. The Kier molecular flexibility index (Phi) is 11.3. The minimum atomic E-state index is 0.243. The van der Waals surface area contributed by atoms with Gasteiger partial charge in [0.1, 0.15) is 0 Å². The van der Waals surface area contributed by atoms with Crippen molar-refractivity contribution in [2.24, 2.45) is 11.8 Å². The SMILES string of the molecule is CCCCCCCCCCCCC(C)C(=N)CC1CC(C)(C)N(C)C(C)(C)C1. The van der Waals surface area contributed by atoms with Crippen LogP contribution in [0.1, 0.15) is 131 Å². The first-order valence-corrected chi connectivity index (χ1v) is 12.4. The summed E-state index contributed by atoms with van der Waals surface area (Å²) < 4.78 is 0. The Hall–Kier alpha value is -0.370. The highest BCUT2D eigenvalue weighted by molar-refractivity contribution is 5.83. The summed E-state index contributed by atoms with van der Waals surface area (Å²) in [6, 6.07) is 0. The molecule has 1 aliphatic rings. The Balaban J connectivity index is 2.18. The minimum Gasteiger partial charge on any atom is -0.309 e. The normalized spacial score (nSPS) is 21.0. The maximum absolute atomic E-state index is 8.65. The van der Waals surface area contributed by atoms with Crippen molar-refractivity contribution in [2.45, 2.75) is 143 Å². The molecule has 1 N–H and O–H groups in total. The van der Waals surface area contributed by atoms with Crippen molar-refractivity contribution in [3.05, 3.63) is 0 Å². The van der Waals surface area contributed by atoms with Gasteiger partial charge in [0.15, 0.2) is 0 Å². The molecule has 0 aliphatic carbocycles. The summed E-state index contributed by atoms with van der Waals surface area (Å²) in [5.41, 5.74) is 1.50. The lowest BCUT2D eigenvalue weighted by molar-refractivity contribution is -0.0283. The lowest BCUT2D eigenvalue weighted by Gasteiger charge is -2.54. The van der Waals surface area contributed by atoms with E-state index >= 15 is 0 Å². The molecule has 1 saturated heterocycles. The van der Waals surface area contributed by atoms with Crippen LogP contribution in [-0.4, -0.2) is 28.7 Å². The van der Waals surface area contributed by atoms with Gasteiger partial charge in [0.05, 0.1) is 0 Å². The highest BCUT2D eigenvalue weighted by Crippen LogP contribution is 2.41. The zero-order valence-corrected chi connectivity index (χ0v) is 20.5. The summed E-state index contributed by atoms with van der Waals surface area (Å²) in [5, 5.41) is 8.65. The third-order valence-corrected chi connectivity index (χ3v) is 7.49. The van der Waals surface area contributed by atoms with Crippen molar-refractivity contribution in [1.82, 2.24) is 4.90 Å². The molecule has 166 valence electrons. The molecule has 0 aromatic rings. The number of hydrogen-bond acceptors (Lipinski definition) is 2. The van der Waals surface area contributed by atoms with Gasteiger partial charge >= 0.3 is 0 Å². The van der Waals surface area contributed by atoms with Crippen molar-refractivity contribution in [1.29, 1.82) is 5.41 Å². The van der Waals surface area contributed by atoms with Crippen LogP contribution in [0.5, 0.6) is 0 Å². The van der Waals surface area contributed by atoms with Crippen LogP contribution >= 0.6 is 0 Å². The molecular weight excluding hydrogens is 340 g/mol. The Morgan fingerprint density at radius 2 is 1.29 bits per heavy atom. The number of piperidine rings is 1. The predicted octanol–water partition coefficient (Wildman–Crippen LogP) is 8.24. The first-order chi connectivity index (χ1) is 13.1. The van der Waals surface area contributed by atoms with Crippen LogP contribution < -0.4 is 0 Å². The summed E-state index contributed by atoms with van der Waals surface area (Å²) in [4.78, 5) is 2.55. The van der Waals surface area contributed by atoms with E-state index in [9.17, 15) is 0 Å². The van der Waals surface area contributed by atoms with E-state index in [-0.39, 0.29) is 11.1 Å². The minimum absolute atomic E-state index is 0.243. The molecule has 1 fully saturated rings. The van der Waals surface area contributed by atoms with Gasteiger partial charge in [0.2, 0.25) is 0 Å². The standard InChI is InChI=1S/C26H52N2/c1-8-9-10-11-12-13-14-15-16-17-18-22(2)24(27)19-23-20-25(3,4)28(7)26(5,6)21-23/h22-23,27H,8-21H2,1-7H3. The monoisotopic (exact) mass is 392 g/mol. The predicted molar refractivity (Wildman–Crippen MR) is 127 cm³/mol. The van der Waals surface area contributed by atoms with E-state index in [4.69, 9.17) is 5.41 Å². The highest BCUT2D eigenvalue weighted by atomic mass is 15.2. The second-order valence-electron chi connectivity index (χ2n) is 11.1. The molecule has 0 saturated carbocycles. The van der Waals surface area contributed by atoms with Crippen LogP contribution in [0.25, 0.3) is 0 Å². The maximum Gasteiger partial charge on any atom is 0.0158 e. The molecule has 1 rings (SSSR count). The van der Waals surface area contributed by atoms with Gasteiger partial charge in [-0.25, -0.2) is 0 Å². The number of hydrogen-bond donors (Lipinski definition) is 1. The lowest BCUT2D eigenvalue weighted by atomic mass is 9.71. The second kappa shape index (κ2) is 12.4. The highest BCUT2D eigenvalue weighted by Gasteiger charge is 2.43. The van der Waals surface area contributed by atoms with Gasteiger partial charge in [-0.3, -0.25) is 4.90 Å².